The topological polar surface area (TPSA) is 29.9 Å². The van der Waals surface area contributed by atoms with Crippen LogP contribution in [-0.2, 0) is 20.1 Å². The Kier molecular flexibility index (Phi) is 4.14. The van der Waals surface area contributed by atoms with Crippen LogP contribution in [0.25, 0.3) is 0 Å². The smallest absolute Gasteiger partial charge is 0.127 e. The Morgan fingerprint density at radius 2 is 2.11 bits per heavy atom. The Morgan fingerprint density at radius 3 is 2.78 bits per heavy atom. The first-order valence-electron chi connectivity index (χ1n) is 5.70. The van der Waals surface area contributed by atoms with Gasteiger partial charge in [-0.15, -0.1) is 0 Å². The molecule has 1 N–H and O–H groups in total. The number of nitrogens with zero attached hydrogens (tertiary/aromatic N) is 2. The van der Waals surface area contributed by atoms with Crippen molar-refractivity contribution in [3.05, 3.63) is 51.5 Å². The first kappa shape index (κ1) is 13.2. The summed E-state index contributed by atoms with van der Waals surface area (Å²) in [6.07, 6.45) is 0. The van der Waals surface area contributed by atoms with Gasteiger partial charge in [0.1, 0.15) is 5.82 Å². The summed E-state index contributed by atoms with van der Waals surface area (Å²) in [5.41, 5.74) is 2.73. The van der Waals surface area contributed by atoms with E-state index < -0.39 is 0 Å². The van der Waals surface area contributed by atoms with Gasteiger partial charge in [0.2, 0.25) is 0 Å². The van der Waals surface area contributed by atoms with Crippen molar-refractivity contribution in [2.45, 2.75) is 20.0 Å². The highest BCUT2D eigenvalue weighted by Gasteiger charge is 2.04. The Bertz CT molecular complexity index is 551. The van der Waals surface area contributed by atoms with E-state index in [1.54, 1.807) is 12.1 Å². The summed E-state index contributed by atoms with van der Waals surface area (Å²) in [6, 6.07) is 6.97. The van der Waals surface area contributed by atoms with E-state index >= 15 is 0 Å². The molecule has 0 aliphatic carbocycles. The fourth-order valence-electron chi connectivity index (χ4n) is 1.83. The second kappa shape index (κ2) is 5.63. The Morgan fingerprint density at radius 1 is 1.33 bits per heavy atom. The van der Waals surface area contributed by atoms with Crippen LogP contribution in [0.3, 0.4) is 0 Å². The van der Waals surface area contributed by atoms with Crippen molar-refractivity contribution in [3.8, 4) is 0 Å². The zero-order valence-electron chi connectivity index (χ0n) is 10.4. The summed E-state index contributed by atoms with van der Waals surface area (Å²) in [7, 11) is 1.91. The quantitative estimate of drug-likeness (QED) is 0.941. The molecule has 5 heteroatoms. The number of benzene rings is 1. The van der Waals surface area contributed by atoms with Gasteiger partial charge in [0.05, 0.1) is 11.4 Å². The Balaban J connectivity index is 1.96. The van der Waals surface area contributed by atoms with Crippen LogP contribution in [0.4, 0.5) is 4.39 Å². The van der Waals surface area contributed by atoms with E-state index in [-0.39, 0.29) is 5.82 Å². The second-order valence-electron chi connectivity index (χ2n) is 4.24. The van der Waals surface area contributed by atoms with Crippen LogP contribution in [0.5, 0.6) is 0 Å². The lowest BCUT2D eigenvalue weighted by Gasteiger charge is -2.06. The lowest BCUT2D eigenvalue weighted by Crippen LogP contribution is -2.16. The molecule has 18 heavy (non-hydrogen) atoms. The average molecular weight is 312 g/mol. The van der Waals surface area contributed by atoms with Gasteiger partial charge in [0.15, 0.2) is 0 Å². The van der Waals surface area contributed by atoms with Crippen molar-refractivity contribution in [1.29, 1.82) is 0 Å². The molecule has 0 bridgehead atoms. The van der Waals surface area contributed by atoms with Crippen LogP contribution >= 0.6 is 15.9 Å². The van der Waals surface area contributed by atoms with Crippen LogP contribution in [0, 0.1) is 12.7 Å². The highest BCUT2D eigenvalue weighted by molar-refractivity contribution is 9.10. The van der Waals surface area contributed by atoms with Crippen LogP contribution < -0.4 is 5.32 Å². The number of hydrogen-bond acceptors (Lipinski definition) is 2. The third-order valence-corrected chi connectivity index (χ3v) is 3.22. The molecule has 0 atom stereocenters. The van der Waals surface area contributed by atoms with E-state index in [0.717, 1.165) is 15.9 Å². The fourth-order valence-corrected chi connectivity index (χ4v) is 2.24. The molecule has 3 nitrogen and oxygen atoms in total. The van der Waals surface area contributed by atoms with Crippen molar-refractivity contribution < 1.29 is 4.39 Å². The molecule has 2 rings (SSSR count). The molecule has 0 amide bonds. The minimum absolute atomic E-state index is 0.188. The molecule has 0 unspecified atom stereocenters. The van der Waals surface area contributed by atoms with Gasteiger partial charge in [-0.3, -0.25) is 4.68 Å². The monoisotopic (exact) mass is 311 g/mol. The van der Waals surface area contributed by atoms with Crippen molar-refractivity contribution >= 4 is 15.9 Å². The largest absolute Gasteiger partial charge is 0.307 e. The zero-order valence-corrected chi connectivity index (χ0v) is 12.0. The molecule has 0 aliphatic heterocycles. The van der Waals surface area contributed by atoms with E-state index in [4.69, 9.17) is 0 Å². The minimum atomic E-state index is -0.188. The number of aryl methyl sites for hydroxylation is 2. The van der Waals surface area contributed by atoms with Gasteiger partial charge < -0.3 is 5.32 Å². The normalized spacial score (nSPS) is 10.9. The Hall–Kier alpha value is -1.20. The van der Waals surface area contributed by atoms with Crippen LogP contribution in [0.1, 0.15) is 17.0 Å². The van der Waals surface area contributed by atoms with Crippen molar-refractivity contribution in [3.63, 3.8) is 0 Å². The Labute approximate surface area is 114 Å². The molecule has 96 valence electrons. The molecular weight excluding hydrogens is 297 g/mol. The van der Waals surface area contributed by atoms with E-state index in [1.807, 2.05) is 24.7 Å². The summed E-state index contributed by atoms with van der Waals surface area (Å²) in [5.74, 6) is -0.188. The summed E-state index contributed by atoms with van der Waals surface area (Å²) >= 11 is 3.34. The second-order valence-corrected chi connectivity index (χ2v) is 5.16. The summed E-state index contributed by atoms with van der Waals surface area (Å²) < 4.78 is 16.2. The number of nitrogens with one attached hydrogen (secondary N) is 1. The maximum atomic E-state index is 13.5. The van der Waals surface area contributed by atoms with Gasteiger partial charge in [0.25, 0.3) is 0 Å². The van der Waals surface area contributed by atoms with Gasteiger partial charge >= 0.3 is 0 Å². The molecule has 1 aromatic carbocycles. The SMILES string of the molecule is Cc1cc(CNCc2cc(Br)ccc2F)n(C)n1. The third-order valence-electron chi connectivity index (χ3n) is 2.73. The van der Waals surface area contributed by atoms with E-state index in [0.29, 0.717) is 18.7 Å². The van der Waals surface area contributed by atoms with Crippen molar-refractivity contribution in [2.24, 2.45) is 7.05 Å². The highest BCUT2D eigenvalue weighted by Crippen LogP contribution is 2.15. The number of aromatic nitrogens is 2. The van der Waals surface area contributed by atoms with Gasteiger partial charge in [-0.2, -0.15) is 5.10 Å². The van der Waals surface area contributed by atoms with Gasteiger partial charge in [-0.05, 0) is 31.2 Å². The maximum Gasteiger partial charge on any atom is 0.127 e. The summed E-state index contributed by atoms with van der Waals surface area (Å²) in [5, 5.41) is 7.48. The molecule has 1 aromatic heterocycles. The number of rotatable bonds is 4. The molecule has 0 aliphatic rings. The zero-order chi connectivity index (χ0) is 13.1. The van der Waals surface area contributed by atoms with E-state index in [9.17, 15) is 4.39 Å². The van der Waals surface area contributed by atoms with Gasteiger partial charge in [0, 0.05) is 30.2 Å². The van der Waals surface area contributed by atoms with Crippen molar-refractivity contribution in [2.75, 3.05) is 0 Å². The van der Waals surface area contributed by atoms with Crippen LogP contribution in [-0.4, -0.2) is 9.78 Å². The predicted octanol–water partition coefficient (Wildman–Crippen LogP) is 2.92. The molecule has 1 heterocycles. The number of hydrogen-bond donors (Lipinski definition) is 1. The molecule has 0 fully saturated rings. The molecule has 0 spiro atoms. The molecule has 0 saturated carbocycles. The standard InChI is InChI=1S/C13H15BrFN3/c1-9-5-12(18(2)17-9)8-16-7-10-6-11(14)3-4-13(10)15/h3-6,16H,7-8H2,1-2H3. The first-order valence-corrected chi connectivity index (χ1v) is 6.49. The lowest BCUT2D eigenvalue weighted by molar-refractivity contribution is 0.576. The number of halogens is 2. The summed E-state index contributed by atoms with van der Waals surface area (Å²) in [4.78, 5) is 0. The van der Waals surface area contributed by atoms with Crippen molar-refractivity contribution in [1.82, 2.24) is 15.1 Å². The van der Waals surface area contributed by atoms with E-state index in [2.05, 4.69) is 26.3 Å². The first-order chi connectivity index (χ1) is 8.56. The van der Waals surface area contributed by atoms with Gasteiger partial charge in [-0.1, -0.05) is 15.9 Å². The third kappa shape index (κ3) is 3.17. The average Bonchev–Trinajstić information content (AvgIpc) is 2.62. The minimum Gasteiger partial charge on any atom is -0.307 e. The molecule has 0 radical (unpaired) electrons. The molecule has 2 aromatic rings. The highest BCUT2D eigenvalue weighted by atomic mass is 79.9. The predicted molar refractivity (Wildman–Crippen MR) is 72.6 cm³/mol. The molecular formula is C13H15BrFN3. The van der Waals surface area contributed by atoms with E-state index in [1.165, 1.54) is 6.07 Å². The van der Waals surface area contributed by atoms with Crippen LogP contribution in [0.15, 0.2) is 28.7 Å². The van der Waals surface area contributed by atoms with Crippen LogP contribution in [0.2, 0.25) is 0 Å². The summed E-state index contributed by atoms with van der Waals surface area (Å²) in [6.45, 7) is 3.12. The van der Waals surface area contributed by atoms with Gasteiger partial charge in [-0.25, -0.2) is 4.39 Å². The maximum absolute atomic E-state index is 13.5. The lowest BCUT2D eigenvalue weighted by atomic mass is 10.2. The molecule has 0 saturated heterocycles. The fraction of sp³-hybridized carbons (Fsp3) is 0.308.